The first-order chi connectivity index (χ1) is 7.90. The Hall–Kier alpha value is -1.50. The smallest absolute Gasteiger partial charge is 0.122 e. The van der Waals surface area contributed by atoms with Crippen molar-refractivity contribution in [3.63, 3.8) is 0 Å². The molecule has 2 bridgehead atoms. The fourth-order valence-corrected chi connectivity index (χ4v) is 3.57. The second kappa shape index (κ2) is 2.79. The predicted molar refractivity (Wildman–Crippen MR) is 63.7 cm³/mol. The van der Waals surface area contributed by atoms with Gasteiger partial charge in [-0.05, 0) is 23.5 Å². The summed E-state index contributed by atoms with van der Waals surface area (Å²) in [7, 11) is 1.77. The van der Waals surface area contributed by atoms with Gasteiger partial charge in [0.05, 0.1) is 7.11 Å². The van der Waals surface area contributed by atoms with Crippen LogP contribution in [0.15, 0.2) is 42.5 Å². The molecular formula is C15H14O. The fourth-order valence-electron chi connectivity index (χ4n) is 3.57. The molecule has 0 heterocycles. The summed E-state index contributed by atoms with van der Waals surface area (Å²) in [5, 5.41) is 0. The highest BCUT2D eigenvalue weighted by Gasteiger charge is 2.46. The first kappa shape index (κ1) is 8.63. The van der Waals surface area contributed by atoms with Crippen molar-refractivity contribution in [2.75, 3.05) is 7.11 Å². The Bertz CT molecular complexity index is 512. The van der Waals surface area contributed by atoms with Gasteiger partial charge in [0.2, 0.25) is 0 Å². The van der Waals surface area contributed by atoms with E-state index in [2.05, 4.69) is 42.5 Å². The number of allylic oxidation sites excluding steroid dienone is 4. The van der Waals surface area contributed by atoms with Gasteiger partial charge in [0, 0.05) is 17.4 Å². The SMILES string of the molecule is COc1cccc2c1[C@H]1C=C[C@H]2[C@@H]2C=C[C@H]21. The minimum absolute atomic E-state index is 0.547. The quantitative estimate of drug-likeness (QED) is 0.646. The molecule has 1 aromatic rings. The van der Waals surface area contributed by atoms with Gasteiger partial charge in [-0.1, -0.05) is 36.4 Å². The molecule has 1 nitrogen and oxygen atoms in total. The molecule has 4 aliphatic carbocycles. The Morgan fingerprint density at radius 1 is 0.938 bits per heavy atom. The van der Waals surface area contributed by atoms with E-state index in [0.717, 1.165) is 17.6 Å². The molecule has 0 spiro atoms. The highest BCUT2D eigenvalue weighted by molar-refractivity contribution is 5.56. The average molecular weight is 210 g/mol. The maximum absolute atomic E-state index is 5.51. The topological polar surface area (TPSA) is 9.23 Å². The standard InChI is InChI=1S/C15H14O/c1-16-14-4-2-3-12-10-7-8-13(15(12)14)11-6-5-9(10)11/h2-11,13H,1H3/t9-,10-,11+,13-/m0/s1. The van der Waals surface area contributed by atoms with Crippen LogP contribution in [0.3, 0.4) is 0 Å². The molecule has 1 aromatic carbocycles. The maximum atomic E-state index is 5.51. The van der Waals surface area contributed by atoms with Crippen LogP contribution in [-0.4, -0.2) is 7.11 Å². The molecule has 0 aromatic heterocycles. The molecule has 0 N–H and O–H groups in total. The fraction of sp³-hybridized carbons (Fsp3) is 0.333. The van der Waals surface area contributed by atoms with Crippen LogP contribution in [0, 0.1) is 11.8 Å². The van der Waals surface area contributed by atoms with E-state index in [1.165, 1.54) is 11.1 Å². The molecule has 80 valence electrons. The van der Waals surface area contributed by atoms with Crippen LogP contribution < -0.4 is 4.74 Å². The van der Waals surface area contributed by atoms with Crippen molar-refractivity contribution in [3.8, 4) is 5.75 Å². The monoisotopic (exact) mass is 210 g/mol. The van der Waals surface area contributed by atoms with Crippen LogP contribution in [0.25, 0.3) is 0 Å². The van der Waals surface area contributed by atoms with Crippen LogP contribution in [0.1, 0.15) is 23.0 Å². The molecule has 0 saturated carbocycles. The first-order valence-electron chi connectivity index (χ1n) is 5.93. The van der Waals surface area contributed by atoms with E-state index in [1.807, 2.05) is 0 Å². The zero-order chi connectivity index (χ0) is 10.7. The van der Waals surface area contributed by atoms with Gasteiger partial charge < -0.3 is 4.74 Å². The van der Waals surface area contributed by atoms with E-state index < -0.39 is 0 Å². The van der Waals surface area contributed by atoms with Gasteiger partial charge in [-0.15, -0.1) is 0 Å². The third kappa shape index (κ3) is 0.835. The Morgan fingerprint density at radius 3 is 2.44 bits per heavy atom. The third-order valence-corrected chi connectivity index (χ3v) is 4.37. The average Bonchev–Trinajstić information content (AvgIpc) is 2.28. The Morgan fingerprint density at radius 2 is 1.69 bits per heavy atom. The molecule has 1 heteroatoms. The zero-order valence-electron chi connectivity index (χ0n) is 9.26. The number of benzene rings is 1. The van der Waals surface area contributed by atoms with Crippen molar-refractivity contribution in [2.45, 2.75) is 11.8 Å². The Balaban J connectivity index is 1.97. The molecule has 4 atom stereocenters. The van der Waals surface area contributed by atoms with E-state index in [9.17, 15) is 0 Å². The summed E-state index contributed by atoms with van der Waals surface area (Å²) in [6, 6.07) is 6.47. The van der Waals surface area contributed by atoms with Crippen LogP contribution in [0.4, 0.5) is 0 Å². The zero-order valence-corrected chi connectivity index (χ0v) is 9.26. The van der Waals surface area contributed by atoms with E-state index in [0.29, 0.717) is 11.8 Å². The highest BCUT2D eigenvalue weighted by atomic mass is 16.5. The number of ether oxygens (including phenoxy) is 1. The summed E-state index contributed by atoms with van der Waals surface area (Å²) in [4.78, 5) is 0. The minimum Gasteiger partial charge on any atom is -0.496 e. The Labute approximate surface area is 95.4 Å². The van der Waals surface area contributed by atoms with Gasteiger partial charge in [-0.3, -0.25) is 0 Å². The molecule has 0 amide bonds. The minimum atomic E-state index is 0.547. The summed E-state index contributed by atoms with van der Waals surface area (Å²) < 4.78 is 5.51. The third-order valence-electron chi connectivity index (χ3n) is 4.37. The molecule has 0 fully saturated rings. The van der Waals surface area contributed by atoms with Crippen molar-refractivity contribution in [2.24, 2.45) is 11.8 Å². The van der Waals surface area contributed by atoms with E-state index in [1.54, 1.807) is 7.11 Å². The van der Waals surface area contributed by atoms with Gasteiger partial charge >= 0.3 is 0 Å². The molecule has 0 unspecified atom stereocenters. The summed E-state index contributed by atoms with van der Waals surface area (Å²) in [5.41, 5.74) is 2.92. The van der Waals surface area contributed by atoms with Crippen molar-refractivity contribution in [1.82, 2.24) is 0 Å². The van der Waals surface area contributed by atoms with Crippen LogP contribution in [0.2, 0.25) is 0 Å². The molecule has 0 radical (unpaired) electrons. The summed E-state index contributed by atoms with van der Waals surface area (Å²) in [5.74, 6) is 3.67. The normalized spacial score (nSPS) is 36.6. The van der Waals surface area contributed by atoms with E-state index in [-0.39, 0.29) is 0 Å². The lowest BCUT2D eigenvalue weighted by Gasteiger charge is -2.48. The van der Waals surface area contributed by atoms with Crippen LogP contribution in [-0.2, 0) is 0 Å². The number of hydrogen-bond donors (Lipinski definition) is 0. The van der Waals surface area contributed by atoms with Crippen LogP contribution >= 0.6 is 0 Å². The number of rotatable bonds is 1. The van der Waals surface area contributed by atoms with Gasteiger partial charge in [-0.25, -0.2) is 0 Å². The van der Waals surface area contributed by atoms with Gasteiger partial charge in [0.25, 0.3) is 0 Å². The van der Waals surface area contributed by atoms with E-state index in [4.69, 9.17) is 4.74 Å². The Kier molecular flexibility index (Phi) is 1.50. The second-order valence-corrected chi connectivity index (χ2v) is 4.94. The van der Waals surface area contributed by atoms with E-state index >= 15 is 0 Å². The van der Waals surface area contributed by atoms with Gasteiger partial charge in [-0.2, -0.15) is 0 Å². The molecule has 4 aliphatic rings. The lowest BCUT2D eigenvalue weighted by Crippen LogP contribution is -2.37. The van der Waals surface area contributed by atoms with Crippen molar-refractivity contribution < 1.29 is 4.74 Å². The lowest BCUT2D eigenvalue weighted by molar-refractivity contribution is 0.305. The summed E-state index contributed by atoms with van der Waals surface area (Å²) in [6.45, 7) is 0. The molecule has 5 rings (SSSR count). The lowest BCUT2D eigenvalue weighted by atomic mass is 9.55. The highest BCUT2D eigenvalue weighted by Crippen LogP contribution is 2.58. The number of methoxy groups -OCH3 is 1. The predicted octanol–water partition coefficient (Wildman–Crippen LogP) is 3.25. The van der Waals surface area contributed by atoms with Crippen molar-refractivity contribution in [1.29, 1.82) is 0 Å². The molecule has 16 heavy (non-hydrogen) atoms. The van der Waals surface area contributed by atoms with Gasteiger partial charge in [0.1, 0.15) is 5.75 Å². The van der Waals surface area contributed by atoms with Crippen molar-refractivity contribution in [3.05, 3.63) is 53.6 Å². The summed E-state index contributed by atoms with van der Waals surface area (Å²) in [6.07, 6.45) is 9.49. The molecule has 0 saturated heterocycles. The first-order valence-corrected chi connectivity index (χ1v) is 5.93. The van der Waals surface area contributed by atoms with Crippen molar-refractivity contribution >= 4 is 0 Å². The second-order valence-electron chi connectivity index (χ2n) is 4.94. The summed E-state index contributed by atoms with van der Waals surface area (Å²) >= 11 is 0. The van der Waals surface area contributed by atoms with Crippen LogP contribution in [0.5, 0.6) is 5.75 Å². The van der Waals surface area contributed by atoms with Gasteiger partial charge in [0.15, 0.2) is 0 Å². The largest absolute Gasteiger partial charge is 0.496 e. The molecule has 0 aliphatic heterocycles. The number of hydrogen-bond acceptors (Lipinski definition) is 1. The maximum Gasteiger partial charge on any atom is 0.122 e. The molecular weight excluding hydrogens is 196 g/mol.